The van der Waals surface area contributed by atoms with Crippen LogP contribution in [0.4, 0.5) is 5.69 Å². The first-order valence-electron chi connectivity index (χ1n) is 8.75. The molecule has 0 saturated heterocycles. The molecule has 2 aromatic carbocycles. The van der Waals surface area contributed by atoms with Gasteiger partial charge in [-0.2, -0.15) is 0 Å². The van der Waals surface area contributed by atoms with Gasteiger partial charge in [0.05, 0.1) is 16.2 Å². The van der Waals surface area contributed by atoms with Crippen molar-refractivity contribution in [1.29, 1.82) is 0 Å². The summed E-state index contributed by atoms with van der Waals surface area (Å²) in [7, 11) is 0. The van der Waals surface area contributed by atoms with E-state index in [9.17, 15) is 19.7 Å². The molecule has 4 aromatic rings. The van der Waals surface area contributed by atoms with Crippen LogP contribution in [0, 0.1) is 10.1 Å². The molecule has 0 unspecified atom stereocenters. The number of rotatable bonds is 6. The Morgan fingerprint density at radius 2 is 2.00 bits per heavy atom. The van der Waals surface area contributed by atoms with E-state index in [0.29, 0.717) is 14.9 Å². The summed E-state index contributed by atoms with van der Waals surface area (Å²) in [6.07, 6.45) is 1.61. The summed E-state index contributed by atoms with van der Waals surface area (Å²) in [6, 6.07) is 12.2. The molecule has 2 heterocycles. The molecule has 0 aliphatic rings. The average Bonchev–Trinajstić information content (AvgIpc) is 3.23. The Morgan fingerprint density at radius 1 is 1.23 bits per heavy atom. The molecule has 0 amide bonds. The fourth-order valence-corrected chi connectivity index (χ4v) is 4.47. The van der Waals surface area contributed by atoms with Gasteiger partial charge in [0.25, 0.3) is 11.2 Å². The lowest BCUT2D eigenvalue weighted by molar-refractivity contribution is -0.384. The molecule has 0 aliphatic carbocycles. The fraction of sp³-hybridized carbons (Fsp3) is 0.0500. The molecule has 0 atom stereocenters. The molecule has 0 fully saturated rings. The van der Waals surface area contributed by atoms with Crippen LogP contribution in [0.3, 0.4) is 0 Å². The van der Waals surface area contributed by atoms with Crippen molar-refractivity contribution in [2.24, 2.45) is 0 Å². The van der Waals surface area contributed by atoms with Gasteiger partial charge in [-0.25, -0.2) is 9.78 Å². The largest absolute Gasteiger partial charge is 0.456 e. The number of nitro benzene ring substituents is 1. The quantitative estimate of drug-likeness (QED) is 0.224. The van der Waals surface area contributed by atoms with Crippen LogP contribution >= 0.6 is 34.7 Å². The Balaban J connectivity index is 1.59. The average molecular weight is 474 g/mol. The summed E-state index contributed by atoms with van der Waals surface area (Å²) in [6.45, 7) is -0.240. The lowest BCUT2D eigenvalue weighted by atomic mass is 10.2. The van der Waals surface area contributed by atoms with E-state index in [2.05, 4.69) is 4.98 Å². The van der Waals surface area contributed by atoms with Gasteiger partial charge in [-0.05, 0) is 30.3 Å². The minimum atomic E-state index is -0.756. The second-order valence-corrected chi connectivity index (χ2v) is 8.64. The highest BCUT2D eigenvalue weighted by atomic mass is 35.5. The number of ether oxygens (including phenoxy) is 1. The highest BCUT2D eigenvalue weighted by Crippen LogP contribution is 2.33. The number of fused-ring (bicyclic) bond motifs is 1. The molecule has 8 nitrogen and oxygen atoms in total. The molecule has 0 spiro atoms. The topological polar surface area (TPSA) is 104 Å². The van der Waals surface area contributed by atoms with Crippen molar-refractivity contribution in [2.45, 2.75) is 16.4 Å². The predicted molar refractivity (Wildman–Crippen MR) is 117 cm³/mol. The van der Waals surface area contributed by atoms with E-state index in [1.807, 2.05) is 0 Å². The first kappa shape index (κ1) is 21.0. The van der Waals surface area contributed by atoms with Crippen LogP contribution in [0.5, 0.6) is 0 Å². The van der Waals surface area contributed by atoms with Gasteiger partial charge in [-0.15, -0.1) is 11.3 Å². The summed E-state index contributed by atoms with van der Waals surface area (Å²) in [4.78, 5) is 41.5. The lowest BCUT2D eigenvalue weighted by Gasteiger charge is -2.10. The number of thiazole rings is 1. The Labute approximate surface area is 188 Å². The van der Waals surface area contributed by atoms with E-state index in [1.54, 1.807) is 35.8 Å². The van der Waals surface area contributed by atoms with Crippen LogP contribution in [-0.2, 0) is 11.3 Å². The van der Waals surface area contributed by atoms with Crippen LogP contribution < -0.4 is 5.56 Å². The number of benzene rings is 2. The van der Waals surface area contributed by atoms with Crippen LogP contribution in [-0.4, -0.2) is 20.3 Å². The molecule has 2 aromatic heterocycles. The number of hydrogen-bond donors (Lipinski definition) is 0. The second-order valence-electron chi connectivity index (χ2n) is 6.21. The zero-order valence-corrected chi connectivity index (χ0v) is 17.9. The number of esters is 1. The minimum absolute atomic E-state index is 0.0445. The van der Waals surface area contributed by atoms with E-state index in [1.165, 1.54) is 51.8 Å². The molecule has 11 heteroatoms. The van der Waals surface area contributed by atoms with Crippen LogP contribution in [0.1, 0.15) is 16.1 Å². The number of hydrogen-bond acceptors (Lipinski definition) is 8. The molecule has 0 N–H and O–H groups in total. The number of non-ortho nitro benzene ring substituents is 1. The van der Waals surface area contributed by atoms with E-state index >= 15 is 0 Å². The van der Waals surface area contributed by atoms with Gasteiger partial charge in [-0.1, -0.05) is 23.4 Å². The number of nitrogens with zero attached hydrogens (tertiary/aromatic N) is 3. The van der Waals surface area contributed by atoms with Gasteiger partial charge < -0.3 is 4.74 Å². The smallest absolute Gasteiger partial charge is 0.339 e. The number of nitro groups is 1. The molecule has 0 aliphatic heterocycles. The van der Waals surface area contributed by atoms with Crippen LogP contribution in [0.2, 0.25) is 5.02 Å². The highest BCUT2D eigenvalue weighted by molar-refractivity contribution is 7.99. The van der Waals surface area contributed by atoms with Gasteiger partial charge in [-0.3, -0.25) is 19.3 Å². The third kappa shape index (κ3) is 4.76. The standard InChI is InChI=1S/C20H12ClN3O5S2/c21-12-1-4-15(5-2-12)31-17-6-3-14(24(27)28)10-16(17)19(26)29-11-13-9-18(25)23-7-8-30-20(23)22-13/h1-10H,11H2. The van der Waals surface area contributed by atoms with Crippen molar-refractivity contribution < 1.29 is 14.5 Å². The van der Waals surface area contributed by atoms with Crippen molar-refractivity contribution >= 4 is 51.3 Å². The molecule has 31 heavy (non-hydrogen) atoms. The van der Waals surface area contributed by atoms with E-state index < -0.39 is 10.9 Å². The SMILES string of the molecule is O=C(OCc1cc(=O)n2ccsc2n1)c1cc([N+](=O)[O-])ccc1Sc1ccc(Cl)cc1. The summed E-state index contributed by atoms with van der Waals surface area (Å²) in [5.41, 5.74) is -0.184. The van der Waals surface area contributed by atoms with Crippen molar-refractivity contribution in [3.63, 3.8) is 0 Å². The summed E-state index contributed by atoms with van der Waals surface area (Å²) >= 11 is 8.43. The molecule has 4 rings (SSSR count). The van der Waals surface area contributed by atoms with Crippen LogP contribution in [0.15, 0.2) is 74.7 Å². The van der Waals surface area contributed by atoms with Gasteiger partial charge >= 0.3 is 5.97 Å². The van der Waals surface area contributed by atoms with Gasteiger partial charge in [0.2, 0.25) is 0 Å². The normalized spacial score (nSPS) is 10.9. The molecular weight excluding hydrogens is 462 g/mol. The number of aromatic nitrogens is 2. The molecule has 0 radical (unpaired) electrons. The van der Waals surface area contributed by atoms with E-state index in [4.69, 9.17) is 16.3 Å². The number of carbonyl (C=O) groups excluding carboxylic acids is 1. The maximum absolute atomic E-state index is 12.8. The van der Waals surface area contributed by atoms with Gasteiger partial charge in [0, 0.05) is 44.6 Å². The Bertz CT molecular complexity index is 1350. The predicted octanol–water partition coefficient (Wildman–Crippen LogP) is 4.83. The molecule has 156 valence electrons. The zero-order chi connectivity index (χ0) is 22.0. The fourth-order valence-electron chi connectivity index (χ4n) is 2.69. The maximum atomic E-state index is 12.8. The van der Waals surface area contributed by atoms with Crippen LogP contribution in [0.25, 0.3) is 4.96 Å². The number of halogens is 1. The molecule has 0 saturated carbocycles. The van der Waals surface area contributed by atoms with Gasteiger partial charge in [0.15, 0.2) is 4.96 Å². The van der Waals surface area contributed by atoms with Gasteiger partial charge in [0.1, 0.15) is 6.61 Å². The van der Waals surface area contributed by atoms with Crippen molar-refractivity contribution in [2.75, 3.05) is 0 Å². The number of carbonyl (C=O) groups is 1. The molecular formula is C20H12ClN3O5S2. The second kappa shape index (κ2) is 8.88. The lowest BCUT2D eigenvalue weighted by Crippen LogP contribution is -2.15. The summed E-state index contributed by atoms with van der Waals surface area (Å²) < 4.78 is 6.71. The first-order valence-corrected chi connectivity index (χ1v) is 10.8. The first-order chi connectivity index (χ1) is 14.9. The van der Waals surface area contributed by atoms with E-state index in [0.717, 1.165) is 4.90 Å². The third-order valence-electron chi connectivity index (χ3n) is 4.14. The third-order valence-corrected chi connectivity index (χ3v) is 6.24. The Kier molecular flexibility index (Phi) is 6.03. The van der Waals surface area contributed by atoms with Crippen molar-refractivity contribution in [3.05, 3.63) is 96.9 Å². The highest BCUT2D eigenvalue weighted by Gasteiger charge is 2.19. The van der Waals surface area contributed by atoms with Crippen molar-refractivity contribution in [3.8, 4) is 0 Å². The summed E-state index contributed by atoms with van der Waals surface area (Å²) in [5.74, 6) is -0.756. The Hall–Kier alpha value is -3.21. The zero-order valence-electron chi connectivity index (χ0n) is 15.6. The maximum Gasteiger partial charge on any atom is 0.339 e. The van der Waals surface area contributed by atoms with Crippen molar-refractivity contribution in [1.82, 2.24) is 9.38 Å². The minimum Gasteiger partial charge on any atom is -0.456 e. The Morgan fingerprint density at radius 3 is 2.74 bits per heavy atom. The monoisotopic (exact) mass is 473 g/mol. The summed E-state index contributed by atoms with van der Waals surface area (Å²) in [5, 5.41) is 13.5. The molecule has 0 bridgehead atoms. The van der Waals surface area contributed by atoms with E-state index in [-0.39, 0.29) is 29.1 Å².